The fraction of sp³-hybridized carbons (Fsp3) is 1.00. The van der Waals surface area contributed by atoms with Crippen molar-refractivity contribution in [2.75, 3.05) is 27.2 Å². The quantitative estimate of drug-likeness (QED) is 0.833. The Balaban J connectivity index is 1.84. The van der Waals surface area contributed by atoms with Crippen molar-refractivity contribution < 1.29 is 4.74 Å². The summed E-state index contributed by atoms with van der Waals surface area (Å²) in [6.07, 6.45) is 8.50. The Labute approximate surface area is 112 Å². The average Bonchev–Trinajstić information content (AvgIpc) is 2.41. The van der Waals surface area contributed by atoms with Gasteiger partial charge in [-0.3, -0.25) is 0 Å². The molecule has 1 aliphatic carbocycles. The number of hydrogen-bond acceptors (Lipinski definition) is 3. The van der Waals surface area contributed by atoms with Crippen molar-refractivity contribution >= 4 is 0 Å². The van der Waals surface area contributed by atoms with Crippen LogP contribution in [0.25, 0.3) is 0 Å². The number of nitrogens with one attached hydrogen (secondary N) is 1. The first-order valence-electron chi connectivity index (χ1n) is 7.68. The molecule has 3 heteroatoms. The summed E-state index contributed by atoms with van der Waals surface area (Å²) in [5, 5.41) is 3.53. The molecule has 0 amide bonds. The van der Waals surface area contributed by atoms with Crippen LogP contribution in [0.1, 0.15) is 45.4 Å². The Morgan fingerprint density at radius 2 is 2.00 bits per heavy atom. The van der Waals surface area contributed by atoms with E-state index in [-0.39, 0.29) is 0 Å². The van der Waals surface area contributed by atoms with Crippen LogP contribution in [-0.2, 0) is 4.74 Å². The first-order chi connectivity index (χ1) is 8.74. The van der Waals surface area contributed by atoms with Crippen molar-refractivity contribution in [1.82, 2.24) is 10.2 Å². The van der Waals surface area contributed by atoms with E-state index in [0.717, 1.165) is 12.0 Å². The Kier molecular flexibility index (Phi) is 5.46. The first kappa shape index (κ1) is 14.3. The van der Waals surface area contributed by atoms with Crippen molar-refractivity contribution in [3.63, 3.8) is 0 Å². The molecule has 1 aliphatic heterocycles. The molecule has 0 aromatic heterocycles. The number of likely N-dealkylation sites (tertiary alicyclic amines) is 1. The highest BCUT2D eigenvalue weighted by Gasteiger charge is 2.30. The number of nitrogens with zero attached hydrogens (tertiary/aromatic N) is 1. The molecule has 1 N–H and O–H groups in total. The van der Waals surface area contributed by atoms with E-state index in [9.17, 15) is 0 Å². The van der Waals surface area contributed by atoms with Crippen LogP contribution >= 0.6 is 0 Å². The predicted octanol–water partition coefficient (Wildman–Crippen LogP) is 2.26. The zero-order valence-corrected chi connectivity index (χ0v) is 12.3. The maximum absolute atomic E-state index is 5.50. The second-order valence-corrected chi connectivity index (χ2v) is 6.17. The van der Waals surface area contributed by atoms with E-state index >= 15 is 0 Å². The summed E-state index contributed by atoms with van der Waals surface area (Å²) in [7, 11) is 3.98. The molecule has 0 radical (unpaired) electrons. The first-order valence-corrected chi connectivity index (χ1v) is 7.68. The molecule has 1 saturated heterocycles. The van der Waals surface area contributed by atoms with Crippen LogP contribution in [0.4, 0.5) is 0 Å². The van der Waals surface area contributed by atoms with E-state index in [1.54, 1.807) is 0 Å². The minimum absolute atomic E-state index is 0.489. The van der Waals surface area contributed by atoms with Crippen LogP contribution in [-0.4, -0.2) is 50.3 Å². The molecule has 0 aromatic carbocycles. The summed E-state index contributed by atoms with van der Waals surface area (Å²) < 4.78 is 5.50. The fourth-order valence-corrected chi connectivity index (χ4v) is 3.77. The molecule has 4 atom stereocenters. The van der Waals surface area contributed by atoms with Gasteiger partial charge in [-0.1, -0.05) is 12.8 Å². The standard InChI is InChI=1S/C15H30N2O/c1-12-10-14(18-3)8-9-17(12)11-13-6-4-5-7-15(13)16-2/h12-16H,4-11H2,1-3H3. The SMILES string of the molecule is CNC1CCCCC1CN1CCC(OC)CC1C. The Morgan fingerprint density at radius 3 is 2.67 bits per heavy atom. The highest BCUT2D eigenvalue weighted by atomic mass is 16.5. The topological polar surface area (TPSA) is 24.5 Å². The number of piperidine rings is 1. The summed E-state index contributed by atoms with van der Waals surface area (Å²) >= 11 is 0. The monoisotopic (exact) mass is 254 g/mol. The van der Waals surface area contributed by atoms with E-state index in [1.165, 1.54) is 51.6 Å². The van der Waals surface area contributed by atoms with Crippen LogP contribution < -0.4 is 5.32 Å². The molecular formula is C15H30N2O. The van der Waals surface area contributed by atoms with Crippen LogP contribution in [0.2, 0.25) is 0 Å². The number of rotatable bonds is 4. The van der Waals surface area contributed by atoms with Gasteiger partial charge >= 0.3 is 0 Å². The average molecular weight is 254 g/mol. The zero-order chi connectivity index (χ0) is 13.0. The minimum atomic E-state index is 0.489. The third kappa shape index (κ3) is 3.46. The van der Waals surface area contributed by atoms with Gasteiger partial charge in [0.1, 0.15) is 0 Å². The molecule has 2 rings (SSSR count). The Morgan fingerprint density at radius 1 is 1.22 bits per heavy atom. The maximum atomic E-state index is 5.50. The molecular weight excluding hydrogens is 224 g/mol. The van der Waals surface area contributed by atoms with Gasteiger partial charge in [-0.15, -0.1) is 0 Å². The molecule has 2 aliphatic rings. The molecule has 1 saturated carbocycles. The lowest BCUT2D eigenvalue weighted by Gasteiger charge is -2.41. The highest BCUT2D eigenvalue weighted by Crippen LogP contribution is 2.28. The molecule has 3 nitrogen and oxygen atoms in total. The lowest BCUT2D eigenvalue weighted by molar-refractivity contribution is 0.00613. The van der Waals surface area contributed by atoms with Crippen LogP contribution in [0.3, 0.4) is 0 Å². The number of ether oxygens (including phenoxy) is 1. The van der Waals surface area contributed by atoms with Crippen molar-refractivity contribution in [2.45, 2.75) is 63.6 Å². The lowest BCUT2D eigenvalue weighted by Crippen LogP contribution is -2.49. The van der Waals surface area contributed by atoms with Gasteiger partial charge in [-0.2, -0.15) is 0 Å². The summed E-state index contributed by atoms with van der Waals surface area (Å²) in [4.78, 5) is 2.69. The second kappa shape index (κ2) is 6.88. The third-order valence-electron chi connectivity index (χ3n) is 5.05. The Bertz CT molecular complexity index is 247. The summed E-state index contributed by atoms with van der Waals surface area (Å²) in [6, 6.07) is 1.43. The van der Waals surface area contributed by atoms with E-state index in [1.807, 2.05) is 7.11 Å². The molecule has 0 bridgehead atoms. The predicted molar refractivity (Wildman–Crippen MR) is 75.9 cm³/mol. The smallest absolute Gasteiger partial charge is 0.0598 e. The van der Waals surface area contributed by atoms with Crippen molar-refractivity contribution in [3.8, 4) is 0 Å². The largest absolute Gasteiger partial charge is 0.381 e. The van der Waals surface area contributed by atoms with Crippen molar-refractivity contribution in [3.05, 3.63) is 0 Å². The van der Waals surface area contributed by atoms with Crippen molar-refractivity contribution in [1.29, 1.82) is 0 Å². The molecule has 18 heavy (non-hydrogen) atoms. The van der Waals surface area contributed by atoms with Crippen molar-refractivity contribution in [2.24, 2.45) is 5.92 Å². The van der Waals surface area contributed by atoms with Gasteiger partial charge in [-0.25, -0.2) is 0 Å². The summed E-state index contributed by atoms with van der Waals surface area (Å²) in [5.74, 6) is 0.852. The van der Waals surface area contributed by atoms with Crippen LogP contribution in [0, 0.1) is 5.92 Å². The van der Waals surface area contributed by atoms with E-state index in [2.05, 4.69) is 24.2 Å². The van der Waals surface area contributed by atoms with Gasteiger partial charge in [0.25, 0.3) is 0 Å². The maximum Gasteiger partial charge on any atom is 0.0598 e. The van der Waals surface area contributed by atoms with E-state index in [4.69, 9.17) is 4.74 Å². The lowest BCUT2D eigenvalue weighted by atomic mass is 9.83. The highest BCUT2D eigenvalue weighted by molar-refractivity contribution is 4.86. The third-order valence-corrected chi connectivity index (χ3v) is 5.05. The number of methoxy groups -OCH3 is 1. The molecule has 106 valence electrons. The van der Waals surface area contributed by atoms with Gasteiger partial charge < -0.3 is 15.0 Å². The van der Waals surface area contributed by atoms with Gasteiger partial charge in [0.2, 0.25) is 0 Å². The van der Waals surface area contributed by atoms with Gasteiger partial charge in [0.15, 0.2) is 0 Å². The van der Waals surface area contributed by atoms with E-state index < -0.39 is 0 Å². The van der Waals surface area contributed by atoms with Gasteiger partial charge in [-0.05, 0) is 45.6 Å². The minimum Gasteiger partial charge on any atom is -0.381 e. The summed E-state index contributed by atoms with van der Waals surface area (Å²) in [5.41, 5.74) is 0. The second-order valence-electron chi connectivity index (χ2n) is 6.17. The van der Waals surface area contributed by atoms with Crippen LogP contribution in [0.5, 0.6) is 0 Å². The fourth-order valence-electron chi connectivity index (χ4n) is 3.77. The zero-order valence-electron chi connectivity index (χ0n) is 12.3. The molecule has 1 heterocycles. The van der Waals surface area contributed by atoms with Gasteiger partial charge in [0.05, 0.1) is 6.10 Å². The van der Waals surface area contributed by atoms with Gasteiger partial charge in [0, 0.05) is 32.3 Å². The molecule has 2 fully saturated rings. The molecule has 4 unspecified atom stereocenters. The van der Waals surface area contributed by atoms with E-state index in [0.29, 0.717) is 12.1 Å². The summed E-state index contributed by atoms with van der Waals surface area (Å²) in [6.45, 7) is 4.86. The molecule has 0 spiro atoms. The normalized spacial score (nSPS) is 38.8. The Hall–Kier alpha value is -0.120. The molecule has 0 aromatic rings. The van der Waals surface area contributed by atoms with Crippen LogP contribution in [0.15, 0.2) is 0 Å². The number of hydrogen-bond donors (Lipinski definition) is 1.